The Labute approximate surface area is 361 Å². The number of aromatic carboxylic acids is 3. The summed E-state index contributed by atoms with van der Waals surface area (Å²) in [7, 11) is 1.68. The van der Waals surface area contributed by atoms with Gasteiger partial charge in [-0.2, -0.15) is 0 Å². The van der Waals surface area contributed by atoms with E-state index in [-0.39, 0.29) is 118 Å². The summed E-state index contributed by atoms with van der Waals surface area (Å²) in [5.41, 5.74) is 11.8. The van der Waals surface area contributed by atoms with Gasteiger partial charge in [0, 0.05) is 48.8 Å². The lowest BCUT2D eigenvalue weighted by Gasteiger charge is -2.14. The van der Waals surface area contributed by atoms with Crippen LogP contribution in [0.1, 0.15) is 51.5 Å². The van der Waals surface area contributed by atoms with Crippen molar-refractivity contribution in [2.45, 2.75) is 21.8 Å². The smallest absolute Gasteiger partial charge is 0.337 e. The van der Waals surface area contributed by atoms with Crippen molar-refractivity contribution in [2.75, 3.05) is 29.1 Å². The summed E-state index contributed by atoms with van der Waals surface area (Å²) in [6.45, 7) is 1.54. The number of allylic oxidation sites excluding steroid dienone is 3. The zero-order valence-electron chi connectivity index (χ0n) is 31.5. The third kappa shape index (κ3) is 13.3. The van der Waals surface area contributed by atoms with Crippen molar-refractivity contribution in [3.05, 3.63) is 131 Å². The molecule has 0 spiro atoms. The Kier molecular flexibility index (Phi) is 18.9. The third-order valence-electron chi connectivity index (χ3n) is 8.10. The lowest BCUT2D eigenvalue weighted by Crippen LogP contribution is -2.08. The fraction of sp³-hybridized carbons (Fsp3) is 0.0930. The summed E-state index contributed by atoms with van der Waals surface area (Å²) in [6.07, 6.45) is 3.96. The van der Waals surface area contributed by atoms with Crippen LogP contribution < -0.4 is 22.1 Å². The van der Waals surface area contributed by atoms with Gasteiger partial charge in [-0.3, -0.25) is 0 Å². The van der Waals surface area contributed by atoms with Crippen molar-refractivity contribution in [2.24, 2.45) is 9.98 Å². The molecular formula is C43H47ClN6O12. The van der Waals surface area contributed by atoms with Gasteiger partial charge < -0.3 is 68.1 Å². The molecule has 0 fully saturated rings. The summed E-state index contributed by atoms with van der Waals surface area (Å²) < 4.78 is 0. The molecule has 0 amide bonds. The van der Waals surface area contributed by atoms with E-state index < -0.39 is 17.9 Å². The Morgan fingerprint density at radius 2 is 1.24 bits per heavy atom. The minimum atomic E-state index is -1.32. The molecule has 15 N–H and O–H groups in total. The Balaban J connectivity index is 0.000000719. The van der Waals surface area contributed by atoms with Gasteiger partial charge in [0.2, 0.25) is 0 Å². The van der Waals surface area contributed by atoms with E-state index in [1.54, 1.807) is 44.3 Å². The maximum Gasteiger partial charge on any atom is 0.337 e. The fourth-order valence-electron chi connectivity index (χ4n) is 5.01. The summed E-state index contributed by atoms with van der Waals surface area (Å²) in [5.74, 6) is -4.64. The van der Waals surface area contributed by atoms with Crippen LogP contribution in [0.3, 0.4) is 0 Å². The number of carboxylic acids is 3. The number of carboxylic acid groups (broad SMARTS) is 3. The number of rotatable bonds is 8. The highest BCUT2D eigenvalue weighted by atomic mass is 35.5. The first-order valence-electron chi connectivity index (χ1n) is 16.9. The second-order valence-corrected chi connectivity index (χ2v) is 12.3. The first-order chi connectivity index (χ1) is 27.9. The predicted molar refractivity (Wildman–Crippen MR) is 243 cm³/mol. The minimum Gasteiger partial charge on any atom is -0.508 e. The molecule has 0 saturated heterocycles. The van der Waals surface area contributed by atoms with Gasteiger partial charge >= 0.3 is 17.9 Å². The quantitative estimate of drug-likeness (QED) is 0.0394. The van der Waals surface area contributed by atoms with Crippen LogP contribution in [-0.4, -0.2) is 82.3 Å². The molecule has 18 nitrogen and oxygen atoms in total. The van der Waals surface area contributed by atoms with Gasteiger partial charge in [-0.05, 0) is 73.2 Å². The van der Waals surface area contributed by atoms with Crippen LogP contribution in [0, 0.1) is 6.92 Å². The molecule has 5 aromatic carbocycles. The topological polar surface area (TPSA) is 334 Å². The molecule has 0 aromatic heterocycles. The highest BCUT2D eigenvalue weighted by Crippen LogP contribution is 2.37. The summed E-state index contributed by atoms with van der Waals surface area (Å²) >= 11 is 0. The molecule has 0 heterocycles. The molecule has 0 bridgehead atoms. The molecule has 1 aliphatic rings. The largest absolute Gasteiger partial charge is 0.508 e. The molecule has 328 valence electrons. The minimum absolute atomic E-state index is 0. The van der Waals surface area contributed by atoms with E-state index >= 15 is 0 Å². The van der Waals surface area contributed by atoms with Gasteiger partial charge in [0.15, 0.2) is 0 Å². The number of phenols is 5. The second-order valence-electron chi connectivity index (χ2n) is 12.3. The van der Waals surface area contributed by atoms with E-state index in [1.165, 1.54) is 60.7 Å². The normalized spacial score (nSPS) is 12.3. The molecule has 0 atom stereocenters. The number of hydrogen-bond donors (Lipinski definition) is 13. The van der Waals surface area contributed by atoms with Crippen LogP contribution in [0.15, 0.2) is 119 Å². The first kappa shape index (κ1) is 51.6. The number of nitrogens with zero attached hydrogens (tertiary/aromatic N) is 2. The van der Waals surface area contributed by atoms with Crippen molar-refractivity contribution in [3.8, 4) is 28.7 Å². The molecule has 19 heteroatoms. The average molecular weight is 875 g/mol. The number of benzene rings is 5. The Hall–Kier alpha value is -8.38. The van der Waals surface area contributed by atoms with Crippen LogP contribution in [-0.2, 0) is 0 Å². The zero-order valence-corrected chi connectivity index (χ0v) is 32.3. The van der Waals surface area contributed by atoms with Crippen molar-refractivity contribution >= 4 is 81.6 Å². The van der Waals surface area contributed by atoms with E-state index in [9.17, 15) is 45.0 Å². The number of aliphatic imine (C=N–C) groups is 2. The molecule has 6 rings (SSSR count). The molecule has 0 saturated carbocycles. The fourth-order valence-corrected chi connectivity index (χ4v) is 5.01. The molecule has 0 aliphatic heterocycles. The van der Waals surface area contributed by atoms with Crippen LogP contribution in [0.2, 0.25) is 0 Å². The number of nitrogens with one attached hydrogen (secondary N) is 2. The van der Waals surface area contributed by atoms with Crippen molar-refractivity contribution < 1.29 is 60.3 Å². The highest BCUT2D eigenvalue weighted by Gasteiger charge is 2.19. The number of halogens is 1. The number of aryl methyl sites for hydroxylation is 1. The van der Waals surface area contributed by atoms with E-state index in [4.69, 9.17) is 26.8 Å². The number of aromatic hydroxyl groups is 5. The molecule has 1 aliphatic carbocycles. The van der Waals surface area contributed by atoms with Gasteiger partial charge in [-0.15, -0.1) is 12.4 Å². The van der Waals surface area contributed by atoms with Crippen molar-refractivity contribution in [1.82, 2.24) is 0 Å². The van der Waals surface area contributed by atoms with Gasteiger partial charge in [-0.25, -0.2) is 24.4 Å². The number of aliphatic hydroxyl groups excluding tert-OH is 1. The van der Waals surface area contributed by atoms with E-state index in [2.05, 4.69) is 20.6 Å². The van der Waals surface area contributed by atoms with Crippen LogP contribution in [0.4, 0.5) is 39.8 Å². The van der Waals surface area contributed by atoms with Crippen molar-refractivity contribution in [1.29, 1.82) is 0 Å². The van der Waals surface area contributed by atoms with Gasteiger partial charge in [0.1, 0.15) is 45.9 Å². The van der Waals surface area contributed by atoms with Crippen LogP contribution in [0.25, 0.3) is 0 Å². The number of phenolic OH excluding ortho intramolecular Hbond substituents is 5. The number of aliphatic hydroxyl groups is 1. The summed E-state index contributed by atoms with van der Waals surface area (Å²) in [6, 6.07) is 19.8. The predicted octanol–water partition coefficient (Wildman–Crippen LogP) is 8.49. The molecule has 0 radical (unpaired) electrons. The lowest BCUT2D eigenvalue weighted by atomic mass is 10.1. The Morgan fingerprint density at radius 3 is 1.77 bits per heavy atom. The number of nitrogen functional groups attached to an aromatic ring is 2. The van der Waals surface area contributed by atoms with Gasteiger partial charge in [-0.1, -0.05) is 27.0 Å². The van der Waals surface area contributed by atoms with Gasteiger partial charge in [0.25, 0.3) is 0 Å². The van der Waals surface area contributed by atoms with Crippen molar-refractivity contribution in [3.63, 3.8) is 0 Å². The lowest BCUT2D eigenvalue weighted by molar-refractivity contribution is 0.0687. The zero-order chi connectivity index (χ0) is 43.6. The number of nitrogens with two attached hydrogens (primary N) is 2. The van der Waals surface area contributed by atoms with E-state index in [1.807, 2.05) is 0 Å². The number of para-hydroxylation sites is 2. The number of hydrogen-bond acceptors (Lipinski definition) is 15. The molecule has 62 heavy (non-hydrogen) atoms. The Morgan fingerprint density at radius 1 is 0.597 bits per heavy atom. The summed E-state index contributed by atoms with van der Waals surface area (Å²) in [4.78, 5) is 42.3. The van der Waals surface area contributed by atoms with Crippen LogP contribution in [0.5, 0.6) is 28.7 Å². The van der Waals surface area contributed by atoms with E-state index in [0.717, 1.165) is 12.1 Å². The monoisotopic (exact) mass is 874 g/mol. The Bertz CT molecular complexity index is 2550. The molecular weight excluding hydrogens is 828 g/mol. The van der Waals surface area contributed by atoms with Gasteiger partial charge in [0.05, 0.1) is 45.2 Å². The van der Waals surface area contributed by atoms with E-state index in [0.29, 0.717) is 16.9 Å². The second kappa shape index (κ2) is 22.7. The van der Waals surface area contributed by atoms with Crippen LogP contribution >= 0.6 is 12.4 Å². The SMILES string of the molecule is C.C.CNc1ccc(Nc2cc(O)c(N=C3C=CC(=Nc4cc(O)c(C)cc4C(=O)O)C(O)=C3)cc2C(=O)O)c(O)c1.Cl.Nc1cc(O)ccc1C(=O)O.Nc1ccccc1O. The first-order valence-corrected chi connectivity index (χ1v) is 16.9. The highest BCUT2D eigenvalue weighted by molar-refractivity contribution is 6.21. The number of anilines is 5. The standard InChI is InChI=1S/C28H24N4O8.C7H7NO3.C6H7NO.2CH4.ClH/c1-13-7-16(27(37)38)20(11-23(13)33)31-19-6-4-15(9-25(19)35)30-22-10-17(28(39)40)21(12-26(22)36)32-18-5-3-14(29-2)8-24(18)34;8-6-3-4(9)1-2-5(6)7(10)11;7-5-3-1-2-4-6(5)8;;;/h3-12,29,32-36H,1-2H3,(H,37,38)(H,39,40);1-3,9H,8H2,(H,10,11);1-4,8H,7H2;2*1H4;1H. The average Bonchev–Trinajstić information content (AvgIpc) is 3.17. The third-order valence-corrected chi connectivity index (χ3v) is 8.10. The summed E-state index contributed by atoms with van der Waals surface area (Å²) in [5, 5.41) is 92.3. The number of carbonyl (C=O) groups is 3. The maximum absolute atomic E-state index is 12.0. The molecule has 0 unspecified atom stereocenters. The molecule has 5 aromatic rings. The maximum atomic E-state index is 12.0.